The van der Waals surface area contributed by atoms with Crippen molar-refractivity contribution < 1.29 is 4.70 Å². The molecule has 0 aromatic carbocycles. The molecule has 0 fully saturated rings. The number of nitrogens with zero attached hydrogens (tertiary/aromatic N) is 1. The summed E-state index contributed by atoms with van der Waals surface area (Å²) in [5.74, 6) is 0. The second-order valence-corrected chi connectivity index (χ2v) is 2.19. The third-order valence-electron chi connectivity index (χ3n) is 1.66. The summed E-state index contributed by atoms with van der Waals surface area (Å²) in [6, 6.07) is 0.396. The van der Waals surface area contributed by atoms with E-state index in [9.17, 15) is 4.70 Å². The van der Waals surface area contributed by atoms with Crippen molar-refractivity contribution in [3.05, 3.63) is 0 Å². The molecule has 0 saturated heterocycles. The second-order valence-electron chi connectivity index (χ2n) is 2.19. The molecule has 0 N–H and O–H groups in total. The monoisotopic (exact) mass is 127 g/mol. The first-order valence-corrected chi connectivity index (χ1v) is 3.47. The molecule has 0 aliphatic rings. The van der Waals surface area contributed by atoms with Crippen LogP contribution in [0.5, 0.6) is 0 Å². The van der Waals surface area contributed by atoms with Gasteiger partial charge in [-0.3, -0.25) is 0 Å². The van der Waals surface area contributed by atoms with Gasteiger partial charge in [0.15, 0.2) is 0 Å². The molecule has 0 aliphatic carbocycles. The third kappa shape index (κ3) is 2.63. The van der Waals surface area contributed by atoms with Crippen molar-refractivity contribution in [2.24, 2.45) is 0 Å². The third-order valence-corrected chi connectivity index (χ3v) is 1.66. The summed E-state index contributed by atoms with van der Waals surface area (Å²) in [5, 5.41) is 0. The Kier molecular flexibility index (Phi) is 4.37. The zero-order valence-electron chi connectivity index (χ0n) is 6.42. The molecule has 0 aliphatic heterocycles. The first-order chi connectivity index (χ1) is 4.26. The summed E-state index contributed by atoms with van der Waals surface area (Å²) in [5.41, 5.74) is 0. The number of rotatable bonds is 4. The van der Waals surface area contributed by atoms with Crippen LogP contribution in [0.4, 0.5) is 0 Å². The van der Waals surface area contributed by atoms with Gasteiger partial charge in [0.05, 0.1) is 0 Å². The Morgan fingerprint density at radius 1 is 1.56 bits per heavy atom. The van der Waals surface area contributed by atoms with Gasteiger partial charge in [0.2, 0.25) is 0 Å². The number of hydrogen-bond acceptors (Lipinski definition) is 1. The second kappa shape index (κ2) is 4.53. The van der Waals surface area contributed by atoms with E-state index in [1.807, 2.05) is 6.92 Å². The summed E-state index contributed by atoms with van der Waals surface area (Å²) in [4.78, 5) is 1.79. The molecule has 0 radical (unpaired) electrons. The predicted octanol–water partition coefficient (Wildman–Crippen LogP) is 1.07. The van der Waals surface area contributed by atoms with Crippen molar-refractivity contribution in [2.45, 2.75) is 33.2 Å². The zero-order valence-corrected chi connectivity index (χ0v) is 6.42. The van der Waals surface area contributed by atoms with Gasteiger partial charge in [-0.05, 0) is 0 Å². The molecular formula is C6H14BNO. The van der Waals surface area contributed by atoms with Crippen LogP contribution in [0, 0.1) is 0 Å². The van der Waals surface area contributed by atoms with Gasteiger partial charge in [0.25, 0.3) is 0 Å². The molecule has 0 amide bonds. The van der Waals surface area contributed by atoms with E-state index < -0.39 is 0 Å². The Bertz CT molecular complexity index is 87.1. The Balaban J connectivity index is 3.63. The van der Waals surface area contributed by atoms with Gasteiger partial charge in [0.1, 0.15) is 0 Å². The summed E-state index contributed by atoms with van der Waals surface area (Å²) in [6.45, 7) is 6.94. The summed E-state index contributed by atoms with van der Waals surface area (Å²) in [7, 11) is 0.911. The Hall–Kier alpha value is -0.335. The number of hydrogen-bond donors (Lipinski definition) is 0. The maximum absolute atomic E-state index is 10.3. The Morgan fingerprint density at radius 2 is 2.11 bits per heavy atom. The van der Waals surface area contributed by atoms with Crippen LogP contribution in [0.3, 0.4) is 0 Å². The molecule has 0 heterocycles. The fraction of sp³-hybridized carbons (Fsp3) is 1.00. The van der Waals surface area contributed by atoms with E-state index in [1.165, 1.54) is 0 Å². The van der Waals surface area contributed by atoms with Crippen LogP contribution < -0.4 is 0 Å². The van der Waals surface area contributed by atoms with Crippen LogP contribution in [-0.4, -0.2) is 24.7 Å². The van der Waals surface area contributed by atoms with Crippen LogP contribution in [0.25, 0.3) is 0 Å². The van der Waals surface area contributed by atoms with Crippen LogP contribution in [-0.2, 0) is 4.70 Å². The maximum atomic E-state index is 10.3. The predicted molar refractivity (Wildman–Crippen MR) is 38.6 cm³/mol. The Labute approximate surface area is 57.5 Å². The van der Waals surface area contributed by atoms with Gasteiger partial charge in [-0.1, -0.05) is 0 Å². The van der Waals surface area contributed by atoms with Gasteiger partial charge < -0.3 is 0 Å². The van der Waals surface area contributed by atoms with E-state index in [-0.39, 0.29) is 0 Å². The van der Waals surface area contributed by atoms with Gasteiger partial charge in [0, 0.05) is 0 Å². The molecule has 3 heteroatoms. The van der Waals surface area contributed by atoms with Crippen molar-refractivity contribution in [1.29, 1.82) is 0 Å². The van der Waals surface area contributed by atoms with Crippen LogP contribution >= 0.6 is 0 Å². The topological polar surface area (TPSA) is 20.3 Å². The summed E-state index contributed by atoms with van der Waals surface area (Å²) < 4.78 is 10.3. The molecule has 0 spiro atoms. The van der Waals surface area contributed by atoms with Crippen molar-refractivity contribution in [3.8, 4) is 0 Å². The molecule has 52 valence electrons. The van der Waals surface area contributed by atoms with Gasteiger partial charge in [-0.15, -0.1) is 0 Å². The molecule has 2 nitrogen and oxygen atoms in total. The minimum atomic E-state index is 0.396. The molecular weight excluding hydrogens is 113 g/mol. The van der Waals surface area contributed by atoms with Crippen molar-refractivity contribution in [1.82, 2.24) is 4.81 Å². The van der Waals surface area contributed by atoms with Crippen LogP contribution in [0.15, 0.2) is 0 Å². The Morgan fingerprint density at radius 3 is 2.22 bits per heavy atom. The quantitative estimate of drug-likeness (QED) is 0.526. The first kappa shape index (κ1) is 8.66. The molecule has 0 saturated carbocycles. The standard InChI is InChI=1S/C6H14BNO/c1-4-6(3)8(5-2)7-9/h6H,4-5H2,1-3H3. The summed E-state index contributed by atoms with van der Waals surface area (Å²) >= 11 is 0. The average Bonchev–Trinajstić information content (AvgIpc) is 1.90. The molecule has 0 aromatic rings. The van der Waals surface area contributed by atoms with Crippen LogP contribution in [0.1, 0.15) is 27.2 Å². The van der Waals surface area contributed by atoms with Crippen molar-refractivity contribution in [3.63, 3.8) is 0 Å². The van der Waals surface area contributed by atoms with Crippen molar-refractivity contribution in [2.75, 3.05) is 6.54 Å². The fourth-order valence-corrected chi connectivity index (χ4v) is 0.725. The molecule has 0 aromatic heterocycles. The molecule has 0 rings (SSSR count). The molecule has 9 heavy (non-hydrogen) atoms. The fourth-order valence-electron chi connectivity index (χ4n) is 0.725. The van der Waals surface area contributed by atoms with E-state index in [1.54, 1.807) is 4.81 Å². The van der Waals surface area contributed by atoms with E-state index >= 15 is 0 Å². The van der Waals surface area contributed by atoms with Gasteiger partial charge >= 0.3 is 56.6 Å². The summed E-state index contributed by atoms with van der Waals surface area (Å²) in [6.07, 6.45) is 1.03. The van der Waals surface area contributed by atoms with Gasteiger partial charge in [-0.2, -0.15) is 0 Å². The van der Waals surface area contributed by atoms with E-state index in [0.29, 0.717) is 6.04 Å². The average molecular weight is 127 g/mol. The van der Waals surface area contributed by atoms with Crippen LogP contribution in [0.2, 0.25) is 0 Å². The molecule has 1 atom stereocenters. The van der Waals surface area contributed by atoms with E-state index in [2.05, 4.69) is 13.8 Å². The minimum absolute atomic E-state index is 0.396. The van der Waals surface area contributed by atoms with E-state index in [4.69, 9.17) is 0 Å². The van der Waals surface area contributed by atoms with Crippen molar-refractivity contribution >= 4 is 7.28 Å². The molecule has 1 unspecified atom stereocenters. The van der Waals surface area contributed by atoms with Gasteiger partial charge in [-0.25, -0.2) is 0 Å². The van der Waals surface area contributed by atoms with E-state index in [0.717, 1.165) is 20.3 Å². The molecule has 0 bridgehead atoms. The first-order valence-electron chi connectivity index (χ1n) is 3.47. The zero-order chi connectivity index (χ0) is 7.28. The normalized spacial score (nSPS) is 12.3. The SMILES string of the molecule is CCC(C)N(B=O)CC.